The second-order valence-corrected chi connectivity index (χ2v) is 10.0. The Kier molecular flexibility index (Phi) is 11.5. The lowest BCUT2D eigenvalue weighted by Crippen LogP contribution is -2.28. The molecule has 4 rings (SSSR count). The van der Waals surface area contributed by atoms with Gasteiger partial charge in [-0.2, -0.15) is 0 Å². The number of aryl methyl sites for hydroxylation is 2. The standard InChI is InChI=1S/C34H33FN2O.C2H4O2/c1-5-13-32(25-15-8-7-9-16-25)37-34(38)26-20-21-27(24(4)22-26)28-17-12-18-29(35)33(28)30(6-2)36-31-19-11-10-14-23(31)3;1-2(3)4/h2,7-12,14-22,30,32,36H,5,13H2,1,3-4H3,(H,37,38);1H3,(H,3,4)/t30?,32-;/m1./s1. The highest BCUT2D eigenvalue weighted by Gasteiger charge is 2.21. The number of carboxylic acid groups (broad SMARTS) is 1. The third kappa shape index (κ3) is 8.31. The molecule has 0 aliphatic carbocycles. The van der Waals surface area contributed by atoms with Crippen molar-refractivity contribution in [3.8, 4) is 23.5 Å². The Labute approximate surface area is 247 Å². The first-order chi connectivity index (χ1) is 20.2. The molecule has 0 aliphatic rings. The third-order valence-electron chi connectivity index (χ3n) is 6.82. The number of amides is 1. The second-order valence-electron chi connectivity index (χ2n) is 10.0. The van der Waals surface area contributed by atoms with Gasteiger partial charge < -0.3 is 15.7 Å². The number of rotatable bonds is 9. The lowest BCUT2D eigenvalue weighted by molar-refractivity contribution is -0.134. The third-order valence-corrected chi connectivity index (χ3v) is 6.82. The number of carboxylic acids is 1. The lowest BCUT2D eigenvalue weighted by Gasteiger charge is -2.22. The van der Waals surface area contributed by atoms with Gasteiger partial charge in [-0.3, -0.25) is 9.59 Å². The van der Waals surface area contributed by atoms with Crippen LogP contribution < -0.4 is 10.6 Å². The average molecular weight is 565 g/mol. The zero-order valence-electron chi connectivity index (χ0n) is 24.4. The van der Waals surface area contributed by atoms with Crippen molar-refractivity contribution in [2.45, 2.75) is 52.6 Å². The Morgan fingerprint density at radius 3 is 2.19 bits per heavy atom. The summed E-state index contributed by atoms with van der Waals surface area (Å²) in [6, 6.07) is 27.6. The van der Waals surface area contributed by atoms with Crippen molar-refractivity contribution in [1.82, 2.24) is 5.32 Å². The second kappa shape index (κ2) is 15.2. The minimum Gasteiger partial charge on any atom is -0.481 e. The molecular weight excluding hydrogens is 527 g/mol. The Morgan fingerprint density at radius 1 is 0.905 bits per heavy atom. The average Bonchev–Trinajstić information content (AvgIpc) is 2.97. The van der Waals surface area contributed by atoms with Crippen LogP contribution in [0, 0.1) is 32.0 Å². The van der Waals surface area contributed by atoms with Gasteiger partial charge in [0.25, 0.3) is 11.9 Å². The summed E-state index contributed by atoms with van der Waals surface area (Å²) < 4.78 is 15.3. The van der Waals surface area contributed by atoms with E-state index in [2.05, 4.69) is 23.5 Å². The molecule has 4 aromatic carbocycles. The molecule has 0 bridgehead atoms. The smallest absolute Gasteiger partial charge is 0.300 e. The van der Waals surface area contributed by atoms with E-state index in [1.807, 2.05) is 86.6 Å². The zero-order chi connectivity index (χ0) is 30.6. The first-order valence-electron chi connectivity index (χ1n) is 13.9. The van der Waals surface area contributed by atoms with Gasteiger partial charge in [-0.15, -0.1) is 6.42 Å². The number of hydrogen-bond donors (Lipinski definition) is 3. The van der Waals surface area contributed by atoms with E-state index in [0.29, 0.717) is 16.7 Å². The van der Waals surface area contributed by atoms with Crippen LogP contribution in [0.1, 0.15) is 71.4 Å². The largest absolute Gasteiger partial charge is 0.481 e. The number of anilines is 1. The van der Waals surface area contributed by atoms with Crippen LogP contribution in [0.3, 0.4) is 0 Å². The number of halogens is 1. The molecule has 3 N–H and O–H groups in total. The van der Waals surface area contributed by atoms with E-state index < -0.39 is 12.0 Å². The van der Waals surface area contributed by atoms with Gasteiger partial charge in [0.15, 0.2) is 0 Å². The summed E-state index contributed by atoms with van der Waals surface area (Å²) in [6.45, 7) is 7.10. The van der Waals surface area contributed by atoms with E-state index in [9.17, 15) is 4.79 Å². The van der Waals surface area contributed by atoms with Gasteiger partial charge in [0.1, 0.15) is 11.9 Å². The van der Waals surface area contributed by atoms with E-state index in [0.717, 1.165) is 47.7 Å². The summed E-state index contributed by atoms with van der Waals surface area (Å²) in [5.41, 5.74) is 6.33. The zero-order valence-corrected chi connectivity index (χ0v) is 24.4. The van der Waals surface area contributed by atoms with Crippen LogP contribution in [0.15, 0.2) is 91.0 Å². The summed E-state index contributed by atoms with van der Waals surface area (Å²) in [5, 5.41) is 13.9. The maximum Gasteiger partial charge on any atom is 0.300 e. The normalized spacial score (nSPS) is 11.7. The van der Waals surface area contributed by atoms with Crippen molar-refractivity contribution >= 4 is 17.6 Å². The van der Waals surface area contributed by atoms with Crippen LogP contribution in [-0.2, 0) is 4.79 Å². The van der Waals surface area contributed by atoms with E-state index in [-0.39, 0.29) is 17.8 Å². The molecule has 1 unspecified atom stereocenters. The topological polar surface area (TPSA) is 78.4 Å². The fourth-order valence-electron chi connectivity index (χ4n) is 4.80. The monoisotopic (exact) mass is 564 g/mol. The predicted molar refractivity (Wildman–Crippen MR) is 168 cm³/mol. The number of hydrogen-bond acceptors (Lipinski definition) is 3. The van der Waals surface area contributed by atoms with Gasteiger partial charge in [-0.1, -0.05) is 86.0 Å². The molecule has 6 heteroatoms. The Bertz CT molecular complexity index is 1560. The SMILES string of the molecule is C#CC(Nc1ccccc1C)c1c(F)cccc1-c1ccc(C(=O)N[C@H](CCC)c2ccccc2)cc1C.CC(=O)O. The van der Waals surface area contributed by atoms with Gasteiger partial charge in [-0.25, -0.2) is 4.39 Å². The molecule has 0 spiro atoms. The first-order valence-corrected chi connectivity index (χ1v) is 13.9. The van der Waals surface area contributed by atoms with Gasteiger partial charge in [0, 0.05) is 23.7 Å². The highest BCUT2D eigenvalue weighted by atomic mass is 19.1. The number of nitrogens with one attached hydrogen (secondary N) is 2. The number of benzene rings is 4. The maximum atomic E-state index is 15.3. The molecule has 4 aromatic rings. The van der Waals surface area contributed by atoms with Gasteiger partial charge in [0.05, 0.1) is 6.04 Å². The van der Waals surface area contributed by atoms with E-state index in [1.54, 1.807) is 12.1 Å². The maximum absolute atomic E-state index is 15.3. The summed E-state index contributed by atoms with van der Waals surface area (Å²) in [7, 11) is 0. The molecule has 1 amide bonds. The van der Waals surface area contributed by atoms with Crippen molar-refractivity contribution in [2.75, 3.05) is 5.32 Å². The molecule has 2 atom stereocenters. The highest BCUT2D eigenvalue weighted by Crippen LogP contribution is 2.35. The van der Waals surface area contributed by atoms with Crippen LogP contribution >= 0.6 is 0 Å². The quantitative estimate of drug-likeness (QED) is 0.179. The Balaban J connectivity index is 0.00000114. The van der Waals surface area contributed by atoms with Crippen molar-refractivity contribution in [2.24, 2.45) is 0 Å². The molecule has 42 heavy (non-hydrogen) atoms. The van der Waals surface area contributed by atoms with Gasteiger partial charge in [-0.05, 0) is 72.4 Å². The molecule has 0 heterocycles. The predicted octanol–water partition coefficient (Wildman–Crippen LogP) is 8.26. The van der Waals surface area contributed by atoms with Crippen LogP contribution in [0.4, 0.5) is 10.1 Å². The molecular formula is C36H37FN2O3. The van der Waals surface area contributed by atoms with Crippen molar-refractivity contribution in [3.63, 3.8) is 0 Å². The van der Waals surface area contributed by atoms with E-state index in [4.69, 9.17) is 16.3 Å². The fourth-order valence-corrected chi connectivity index (χ4v) is 4.80. The summed E-state index contributed by atoms with van der Waals surface area (Å²) >= 11 is 0. The number of para-hydroxylation sites is 1. The van der Waals surface area contributed by atoms with Crippen molar-refractivity contribution < 1.29 is 19.1 Å². The number of aliphatic carboxylic acids is 1. The highest BCUT2D eigenvalue weighted by molar-refractivity contribution is 5.95. The number of terminal acetylenes is 1. The molecule has 0 saturated carbocycles. The molecule has 0 aliphatic heterocycles. The van der Waals surface area contributed by atoms with Crippen molar-refractivity contribution in [3.05, 3.63) is 125 Å². The van der Waals surface area contributed by atoms with Gasteiger partial charge in [0.2, 0.25) is 0 Å². The minimum atomic E-state index is -0.833. The Morgan fingerprint density at radius 2 is 1.57 bits per heavy atom. The number of carbonyl (C=O) groups is 2. The number of carbonyl (C=O) groups excluding carboxylic acids is 1. The molecule has 216 valence electrons. The van der Waals surface area contributed by atoms with Crippen molar-refractivity contribution in [1.29, 1.82) is 0 Å². The van der Waals surface area contributed by atoms with E-state index >= 15 is 4.39 Å². The summed E-state index contributed by atoms with van der Waals surface area (Å²) in [6.07, 6.45) is 7.71. The molecule has 5 nitrogen and oxygen atoms in total. The fraction of sp³-hybridized carbons (Fsp3) is 0.222. The van der Waals surface area contributed by atoms with Crippen LogP contribution in [0.2, 0.25) is 0 Å². The van der Waals surface area contributed by atoms with Gasteiger partial charge >= 0.3 is 0 Å². The minimum absolute atomic E-state index is 0.0626. The summed E-state index contributed by atoms with van der Waals surface area (Å²) in [5.74, 6) is 1.38. The van der Waals surface area contributed by atoms with E-state index in [1.165, 1.54) is 6.07 Å². The molecule has 0 radical (unpaired) electrons. The van der Waals surface area contributed by atoms with Crippen LogP contribution in [-0.4, -0.2) is 17.0 Å². The van der Waals surface area contributed by atoms with Crippen LogP contribution in [0.25, 0.3) is 11.1 Å². The lowest BCUT2D eigenvalue weighted by atomic mass is 9.90. The molecule has 0 fully saturated rings. The first kappa shape index (κ1) is 31.6. The Hall–Kier alpha value is -4.89. The summed E-state index contributed by atoms with van der Waals surface area (Å²) in [4.78, 5) is 22.2. The van der Waals surface area contributed by atoms with Crippen LogP contribution in [0.5, 0.6) is 0 Å². The molecule has 0 aromatic heterocycles. The molecule has 0 saturated heterocycles.